The van der Waals surface area contributed by atoms with Crippen LogP contribution in [0.1, 0.15) is 56.6 Å². The first-order valence-electron chi connectivity index (χ1n) is 10.8. The van der Waals surface area contributed by atoms with Crippen LogP contribution >= 0.6 is 23.2 Å². The zero-order valence-electron chi connectivity index (χ0n) is 20.3. The Labute approximate surface area is 229 Å². The number of carbonyl (C=O) groups excluding carboxylic acids is 1. The largest absolute Gasteiger partial charge is 1.00 e. The predicted octanol–water partition coefficient (Wildman–Crippen LogP) is 4.94. The number of Topliss-reactive ketones (excluding diaryl/α,β-unsaturated/α-hetero) is 1. The van der Waals surface area contributed by atoms with E-state index >= 15 is 0 Å². The van der Waals surface area contributed by atoms with Crippen molar-refractivity contribution in [2.75, 3.05) is 0 Å². The second-order valence-corrected chi connectivity index (χ2v) is 9.02. The molecule has 0 unspecified atom stereocenters. The molecule has 0 aromatic heterocycles. The molecule has 0 aliphatic carbocycles. The number of ketones is 1. The van der Waals surface area contributed by atoms with E-state index in [1.54, 1.807) is 13.0 Å². The number of benzene rings is 2. The molecule has 0 heterocycles. The third-order valence-electron chi connectivity index (χ3n) is 5.02. The van der Waals surface area contributed by atoms with Gasteiger partial charge >= 0.3 is 24.8 Å². The minimum Gasteiger partial charge on any atom is -0.481 e. The summed E-state index contributed by atoms with van der Waals surface area (Å²) in [6, 6.07) is 14.6. The third kappa shape index (κ3) is 12.8. The van der Waals surface area contributed by atoms with Crippen LogP contribution in [0.3, 0.4) is 0 Å². The molecule has 0 fully saturated rings. The van der Waals surface area contributed by atoms with Gasteiger partial charge in [0.25, 0.3) is 0 Å². The summed E-state index contributed by atoms with van der Waals surface area (Å²) in [7, 11) is 0. The Kier molecular flexibility index (Phi) is 15.4. The molecule has 0 spiro atoms. The summed E-state index contributed by atoms with van der Waals surface area (Å²) >= 11 is 11.9. The molecular weight excluding hydrogens is 488 g/mol. The standard InChI is InChI=1S/C26H26Cl2F2O3.CH3.Li/c1-18(14-25(32)33)13-24(31)23(20-9-6-11-22(28)16-20)17-26(29,30)12-4-2-3-7-19-8-5-10-21(27)15-19;;/h5-6,8,10-11,15-16,18H,2-4,7,12-14H2,1H3,(H,32,33);1H3;/q-2;-1;+1/t18-;;/m0../s1. The number of halogens is 4. The van der Waals surface area contributed by atoms with Crippen molar-refractivity contribution in [3.63, 3.8) is 0 Å². The van der Waals surface area contributed by atoms with Crippen LogP contribution in [0.25, 0.3) is 5.57 Å². The number of rotatable bonds is 13. The molecule has 0 radical (unpaired) electrons. The van der Waals surface area contributed by atoms with Crippen molar-refractivity contribution in [3.8, 4) is 0 Å². The minimum atomic E-state index is -3.33. The number of hydrogen-bond acceptors (Lipinski definition) is 2. The van der Waals surface area contributed by atoms with Gasteiger partial charge in [-0.15, -0.1) is 17.7 Å². The van der Waals surface area contributed by atoms with Gasteiger partial charge in [0.05, 0.1) is 0 Å². The van der Waals surface area contributed by atoms with Crippen LogP contribution in [-0.2, 0) is 16.0 Å². The van der Waals surface area contributed by atoms with Gasteiger partial charge in [-0.2, -0.15) is 18.2 Å². The topological polar surface area (TPSA) is 54.4 Å². The summed E-state index contributed by atoms with van der Waals surface area (Å²) in [5.41, 5.74) is 0.870. The zero-order chi connectivity index (χ0) is 24.4. The summed E-state index contributed by atoms with van der Waals surface area (Å²) in [4.78, 5) is 23.7. The smallest absolute Gasteiger partial charge is 0.481 e. The SMILES string of the molecule is C[C@H](CC(=O)O)CC(=O)C(=[C-]C(F)(F)CCCCCc1cccc(Cl)c1)c1[c-]ccc(Cl)c1.[CH3-].[Li+]. The Balaban J connectivity index is 0.00000578. The van der Waals surface area contributed by atoms with Crippen molar-refractivity contribution in [1.29, 1.82) is 0 Å². The predicted molar refractivity (Wildman–Crippen MR) is 133 cm³/mol. The van der Waals surface area contributed by atoms with Gasteiger partial charge in [0.1, 0.15) is 0 Å². The minimum absolute atomic E-state index is 0. The molecule has 186 valence electrons. The maximum absolute atomic E-state index is 14.7. The maximum atomic E-state index is 14.7. The van der Waals surface area contributed by atoms with E-state index in [1.807, 2.05) is 18.2 Å². The van der Waals surface area contributed by atoms with E-state index in [1.165, 1.54) is 18.2 Å². The second kappa shape index (κ2) is 16.2. The molecule has 2 aromatic rings. The first kappa shape index (κ1) is 33.4. The number of hydrogen-bond donors (Lipinski definition) is 1. The van der Waals surface area contributed by atoms with Gasteiger partial charge in [0.15, 0.2) is 0 Å². The molecular formula is C27H29Cl2F2LiO3-2. The average molecular weight is 517 g/mol. The van der Waals surface area contributed by atoms with Gasteiger partial charge in [0.2, 0.25) is 5.92 Å². The summed E-state index contributed by atoms with van der Waals surface area (Å²) < 4.78 is 29.5. The first-order chi connectivity index (χ1) is 15.6. The first-order valence-corrected chi connectivity index (χ1v) is 11.5. The molecule has 0 saturated heterocycles. The fourth-order valence-corrected chi connectivity index (χ4v) is 3.83. The second-order valence-electron chi connectivity index (χ2n) is 8.15. The fraction of sp³-hybridized carbons (Fsp3) is 0.370. The van der Waals surface area contributed by atoms with Crippen molar-refractivity contribution >= 4 is 40.5 Å². The number of aryl methyl sites for hydroxylation is 1. The Morgan fingerprint density at radius 1 is 1.09 bits per heavy atom. The van der Waals surface area contributed by atoms with Crippen LogP contribution in [0.15, 0.2) is 42.5 Å². The van der Waals surface area contributed by atoms with Crippen molar-refractivity contribution < 1.29 is 42.3 Å². The van der Waals surface area contributed by atoms with E-state index in [2.05, 4.69) is 12.1 Å². The Morgan fingerprint density at radius 3 is 2.40 bits per heavy atom. The Morgan fingerprint density at radius 2 is 1.77 bits per heavy atom. The average Bonchev–Trinajstić information content (AvgIpc) is 2.71. The van der Waals surface area contributed by atoms with E-state index in [0.717, 1.165) is 18.4 Å². The number of carboxylic acids is 1. The number of aliphatic carboxylic acids is 1. The normalized spacial score (nSPS) is 12.3. The van der Waals surface area contributed by atoms with Gasteiger partial charge < -0.3 is 17.3 Å². The van der Waals surface area contributed by atoms with Crippen LogP contribution in [0.4, 0.5) is 8.78 Å². The van der Waals surface area contributed by atoms with Crippen molar-refractivity contribution in [1.82, 2.24) is 0 Å². The van der Waals surface area contributed by atoms with Gasteiger partial charge in [0, 0.05) is 23.6 Å². The van der Waals surface area contributed by atoms with Gasteiger partial charge in [-0.3, -0.25) is 10.4 Å². The van der Waals surface area contributed by atoms with Gasteiger partial charge in [-0.05, 0) is 49.3 Å². The molecule has 2 aromatic carbocycles. The molecule has 8 heteroatoms. The van der Waals surface area contributed by atoms with E-state index in [0.29, 0.717) is 11.4 Å². The van der Waals surface area contributed by atoms with Crippen LogP contribution < -0.4 is 18.9 Å². The third-order valence-corrected chi connectivity index (χ3v) is 5.49. The Bertz CT molecular complexity index is 996. The van der Waals surface area contributed by atoms with E-state index in [9.17, 15) is 18.4 Å². The number of unbranched alkanes of at least 4 members (excludes halogenated alkanes) is 2. The van der Waals surface area contributed by atoms with Crippen LogP contribution in [0.5, 0.6) is 0 Å². The quantitative estimate of drug-likeness (QED) is 0.177. The van der Waals surface area contributed by atoms with Crippen LogP contribution in [0, 0.1) is 25.5 Å². The molecule has 0 saturated carbocycles. The number of carboxylic acid groups (broad SMARTS) is 1. The number of alkyl halides is 2. The fourth-order valence-electron chi connectivity index (χ4n) is 3.45. The van der Waals surface area contributed by atoms with Crippen LogP contribution in [-0.4, -0.2) is 22.8 Å². The zero-order valence-corrected chi connectivity index (χ0v) is 21.9. The summed E-state index contributed by atoms with van der Waals surface area (Å²) in [6.45, 7) is 1.59. The monoisotopic (exact) mass is 516 g/mol. The van der Waals surface area contributed by atoms with E-state index in [4.69, 9.17) is 28.3 Å². The number of carbonyl (C=O) groups is 2. The van der Waals surface area contributed by atoms with E-state index < -0.39 is 30.0 Å². The molecule has 35 heavy (non-hydrogen) atoms. The van der Waals surface area contributed by atoms with Crippen LogP contribution in [0.2, 0.25) is 10.0 Å². The van der Waals surface area contributed by atoms with E-state index in [-0.39, 0.29) is 61.7 Å². The van der Waals surface area contributed by atoms with Gasteiger partial charge in [-0.1, -0.05) is 42.1 Å². The number of allylic oxidation sites excluding steroid dienone is 2. The summed E-state index contributed by atoms with van der Waals surface area (Å²) in [5, 5.41) is 9.84. The molecule has 1 atom stereocenters. The molecule has 1 N–H and O–H groups in total. The summed E-state index contributed by atoms with van der Waals surface area (Å²) in [6.07, 6.45) is 3.54. The molecule has 0 aliphatic rings. The maximum Gasteiger partial charge on any atom is 1.00 e. The molecule has 2 rings (SSSR count). The molecule has 0 amide bonds. The molecule has 0 bridgehead atoms. The van der Waals surface area contributed by atoms with Crippen molar-refractivity contribution in [3.05, 3.63) is 83.2 Å². The summed E-state index contributed by atoms with van der Waals surface area (Å²) in [5.74, 6) is -5.50. The van der Waals surface area contributed by atoms with Crippen molar-refractivity contribution in [2.24, 2.45) is 5.92 Å². The molecule has 0 aliphatic heterocycles. The van der Waals surface area contributed by atoms with Gasteiger partial charge in [-0.25, -0.2) is 20.4 Å². The Hall–Kier alpha value is -1.64. The molecule has 3 nitrogen and oxygen atoms in total. The van der Waals surface area contributed by atoms with Crippen molar-refractivity contribution in [2.45, 2.75) is 57.8 Å².